The summed E-state index contributed by atoms with van der Waals surface area (Å²) in [6, 6.07) is 11.2. The number of fused-ring (bicyclic) bond motifs is 1. The van der Waals surface area contributed by atoms with Gasteiger partial charge in [-0.15, -0.1) is 22.7 Å². The first-order chi connectivity index (χ1) is 17.4. The normalized spacial score (nSPS) is 15.8. The molecule has 0 saturated heterocycles. The lowest BCUT2D eigenvalue weighted by Gasteiger charge is -2.08. The Labute approximate surface area is 224 Å². The van der Waals surface area contributed by atoms with Gasteiger partial charge in [-0.1, -0.05) is 29.8 Å². The van der Waals surface area contributed by atoms with Gasteiger partial charge >= 0.3 is 12.1 Å². The largest absolute Gasteiger partial charge is 0.481 e. The van der Waals surface area contributed by atoms with E-state index in [1.807, 2.05) is 30.3 Å². The van der Waals surface area contributed by atoms with E-state index in [1.54, 1.807) is 28.7 Å². The van der Waals surface area contributed by atoms with Crippen LogP contribution in [0.1, 0.15) is 57.5 Å². The van der Waals surface area contributed by atoms with E-state index < -0.39 is 17.5 Å². The lowest BCUT2D eigenvalue weighted by molar-refractivity contribution is -0.139. The van der Waals surface area contributed by atoms with Crippen molar-refractivity contribution in [3.8, 4) is 11.8 Å². The third-order valence-electron chi connectivity index (χ3n) is 6.37. The summed E-state index contributed by atoms with van der Waals surface area (Å²) in [6.45, 7) is 0.0694. The first kappa shape index (κ1) is 23.5. The van der Waals surface area contributed by atoms with Crippen LogP contribution in [0.4, 0.5) is 10.5 Å². The van der Waals surface area contributed by atoms with Gasteiger partial charge in [0.15, 0.2) is 0 Å². The highest BCUT2D eigenvalue weighted by atomic mass is 35.5. The molecule has 2 N–H and O–H groups in total. The Hall–Kier alpha value is -2.90. The predicted molar refractivity (Wildman–Crippen MR) is 144 cm³/mol. The molecule has 2 fully saturated rings. The molecule has 4 aromatic rings. The zero-order valence-electron chi connectivity index (χ0n) is 18.8. The van der Waals surface area contributed by atoms with Crippen molar-refractivity contribution >= 4 is 73.0 Å². The van der Waals surface area contributed by atoms with E-state index in [1.165, 1.54) is 11.5 Å². The average Bonchev–Trinajstić information content (AvgIpc) is 3.75. The van der Waals surface area contributed by atoms with Crippen molar-refractivity contribution in [2.45, 2.75) is 43.6 Å². The highest BCUT2D eigenvalue weighted by molar-refractivity contribution is 7.38. The van der Waals surface area contributed by atoms with Crippen molar-refractivity contribution in [1.82, 2.24) is 4.37 Å². The van der Waals surface area contributed by atoms with Crippen molar-refractivity contribution in [3.05, 3.63) is 67.3 Å². The molecule has 0 unspecified atom stereocenters. The summed E-state index contributed by atoms with van der Waals surface area (Å²) in [6.07, 6.45) is 2.92. The van der Waals surface area contributed by atoms with Gasteiger partial charge in [0.1, 0.15) is 16.9 Å². The Balaban J connectivity index is 1.20. The fourth-order valence-electron chi connectivity index (χ4n) is 3.99. The molecule has 6 nitrogen and oxygen atoms in total. The summed E-state index contributed by atoms with van der Waals surface area (Å²) in [5.74, 6) is 5.99. The number of aromatic nitrogens is 1. The summed E-state index contributed by atoms with van der Waals surface area (Å²) < 4.78 is 11.0. The van der Waals surface area contributed by atoms with Gasteiger partial charge in [0.05, 0.1) is 20.3 Å². The van der Waals surface area contributed by atoms with Gasteiger partial charge in [-0.3, -0.25) is 10.1 Å². The second-order valence-electron chi connectivity index (χ2n) is 8.94. The number of hydrogen-bond donors (Lipinski definition) is 2. The van der Waals surface area contributed by atoms with E-state index in [9.17, 15) is 14.7 Å². The molecule has 182 valence electrons. The Kier molecular flexibility index (Phi) is 6.00. The third-order valence-corrected chi connectivity index (χ3v) is 10.0. The van der Waals surface area contributed by atoms with Gasteiger partial charge in [0.25, 0.3) is 0 Å². The highest BCUT2D eigenvalue weighted by Crippen LogP contribution is 2.52. The van der Waals surface area contributed by atoms with Crippen LogP contribution in [0.5, 0.6) is 0 Å². The van der Waals surface area contributed by atoms with E-state index >= 15 is 0 Å². The smallest absolute Gasteiger partial charge is 0.412 e. The number of benzene rings is 1. The standard InChI is InChI=1S/C26H19ClN2O4S3/c27-18-4-2-1-3-15(18)13-33-25(32)28-22-19(36-29-21(22)14-5-6-14)8-7-17-11-16-12-20(35-23(16)34-17)26(9-10-26)24(30)31/h1-4,11-12,14H,5-6,9-10,13H2,(H,28,32)(H,30,31). The number of hydrogen-bond acceptors (Lipinski definition) is 7. The number of carboxylic acid groups (broad SMARTS) is 1. The molecule has 2 aliphatic rings. The van der Waals surface area contributed by atoms with Crippen LogP contribution in [0.2, 0.25) is 5.02 Å². The fourth-order valence-corrected chi connectivity index (χ4v) is 7.49. The number of carbonyl (C=O) groups is 2. The zero-order valence-corrected chi connectivity index (χ0v) is 22.0. The fraction of sp³-hybridized carbons (Fsp3) is 0.269. The summed E-state index contributed by atoms with van der Waals surface area (Å²) in [4.78, 5) is 26.7. The molecule has 1 aromatic carbocycles. The predicted octanol–water partition coefficient (Wildman–Crippen LogP) is 7.21. The Morgan fingerprint density at radius 2 is 2.00 bits per heavy atom. The van der Waals surface area contributed by atoms with Crippen LogP contribution in [-0.4, -0.2) is 21.5 Å². The molecule has 2 saturated carbocycles. The van der Waals surface area contributed by atoms with Crippen LogP contribution in [0.25, 0.3) is 9.40 Å². The molecular weight excluding hydrogens is 536 g/mol. The minimum atomic E-state index is -0.737. The summed E-state index contributed by atoms with van der Waals surface area (Å²) in [5.41, 5.74) is 1.53. The molecule has 3 aromatic heterocycles. The molecule has 3 heterocycles. The molecule has 2 aliphatic carbocycles. The van der Waals surface area contributed by atoms with Crippen LogP contribution < -0.4 is 5.32 Å². The van der Waals surface area contributed by atoms with Crippen LogP contribution in [0.3, 0.4) is 0 Å². The molecule has 10 heteroatoms. The minimum Gasteiger partial charge on any atom is -0.481 e. The number of ether oxygens (including phenoxy) is 1. The first-order valence-corrected chi connectivity index (χ1v) is 14.2. The number of anilines is 1. The molecular formula is C26H19ClN2O4S3. The second kappa shape index (κ2) is 9.20. The maximum Gasteiger partial charge on any atom is 0.412 e. The summed E-state index contributed by atoms with van der Waals surface area (Å²) in [7, 11) is 0. The van der Waals surface area contributed by atoms with E-state index in [4.69, 9.17) is 16.3 Å². The quantitative estimate of drug-likeness (QED) is 0.246. The average molecular weight is 555 g/mol. The van der Waals surface area contributed by atoms with Crippen molar-refractivity contribution in [2.24, 2.45) is 0 Å². The second-order valence-corrected chi connectivity index (χ2v) is 12.5. The van der Waals surface area contributed by atoms with Crippen LogP contribution >= 0.6 is 45.8 Å². The lowest BCUT2D eigenvalue weighted by Crippen LogP contribution is -2.17. The monoisotopic (exact) mass is 554 g/mol. The highest BCUT2D eigenvalue weighted by Gasteiger charge is 2.53. The molecule has 0 spiro atoms. The molecule has 0 atom stereocenters. The van der Waals surface area contributed by atoms with E-state index in [0.29, 0.717) is 34.3 Å². The number of aliphatic carboxylic acids is 1. The maximum absolute atomic E-state index is 12.6. The Morgan fingerprint density at radius 3 is 2.69 bits per heavy atom. The van der Waals surface area contributed by atoms with Gasteiger partial charge < -0.3 is 9.84 Å². The first-order valence-electron chi connectivity index (χ1n) is 11.4. The van der Waals surface area contributed by atoms with E-state index in [2.05, 4.69) is 21.5 Å². The molecule has 0 radical (unpaired) electrons. The maximum atomic E-state index is 12.6. The van der Waals surface area contributed by atoms with Crippen LogP contribution in [0, 0.1) is 11.8 Å². The summed E-state index contributed by atoms with van der Waals surface area (Å²) >= 11 is 10.5. The van der Waals surface area contributed by atoms with Gasteiger partial charge in [0, 0.05) is 26.8 Å². The zero-order chi connectivity index (χ0) is 24.9. The number of nitrogens with zero attached hydrogens (tertiary/aromatic N) is 1. The number of rotatable bonds is 6. The van der Waals surface area contributed by atoms with Gasteiger partial charge in [-0.05, 0) is 67.3 Å². The number of carboxylic acids is 1. The van der Waals surface area contributed by atoms with E-state index in [0.717, 1.165) is 43.3 Å². The van der Waals surface area contributed by atoms with Crippen molar-refractivity contribution in [2.75, 3.05) is 5.32 Å². The molecule has 1 amide bonds. The molecule has 6 rings (SSSR count). The van der Waals surface area contributed by atoms with Crippen molar-refractivity contribution < 1.29 is 19.4 Å². The van der Waals surface area contributed by atoms with Gasteiger partial charge in [-0.25, -0.2) is 4.79 Å². The van der Waals surface area contributed by atoms with Gasteiger partial charge in [0.2, 0.25) is 0 Å². The molecule has 0 bridgehead atoms. The summed E-state index contributed by atoms with van der Waals surface area (Å²) in [5, 5.41) is 14.0. The molecule has 36 heavy (non-hydrogen) atoms. The third kappa shape index (κ3) is 4.50. The number of carbonyl (C=O) groups excluding carboxylic acids is 1. The van der Waals surface area contributed by atoms with Crippen molar-refractivity contribution in [1.29, 1.82) is 0 Å². The van der Waals surface area contributed by atoms with Gasteiger partial charge in [-0.2, -0.15) is 4.37 Å². The number of amides is 1. The Morgan fingerprint density at radius 1 is 1.19 bits per heavy atom. The lowest BCUT2D eigenvalue weighted by atomic mass is 10.1. The number of nitrogens with one attached hydrogen (secondary N) is 1. The number of halogens is 1. The van der Waals surface area contributed by atoms with E-state index in [-0.39, 0.29) is 6.61 Å². The molecule has 0 aliphatic heterocycles. The van der Waals surface area contributed by atoms with Crippen LogP contribution in [0.15, 0.2) is 36.4 Å². The Bertz CT molecular complexity index is 1530. The van der Waals surface area contributed by atoms with Crippen LogP contribution in [-0.2, 0) is 21.6 Å². The SMILES string of the molecule is O=C(Nc1c(C2CC2)nsc1C#Cc1cc2cc(C3(C(=O)O)CC3)sc2s1)OCc1ccccc1Cl. The topological polar surface area (TPSA) is 88.5 Å². The number of thiophene rings is 2. The minimum absolute atomic E-state index is 0.0694. The van der Waals surface area contributed by atoms with Crippen molar-refractivity contribution in [3.63, 3.8) is 0 Å².